The molecule has 0 saturated carbocycles. The lowest BCUT2D eigenvalue weighted by Gasteiger charge is -2.35. The Morgan fingerprint density at radius 3 is 2.19 bits per heavy atom. The molecule has 0 aliphatic carbocycles. The molecule has 150 valence electrons. The molecule has 1 unspecified atom stereocenters. The Morgan fingerprint density at radius 1 is 1.15 bits per heavy atom. The standard InChI is InChI=1S/C21H32N2O4/c1-15(16-7-9-18(26-6)10-8-16)22(5)19(24)17-11-13-23(14-12-17)20(25)27-21(2,3)4/h7-10,15,17H,11-14H2,1-6H3. The van der Waals surface area contributed by atoms with Gasteiger partial charge >= 0.3 is 6.09 Å². The zero-order valence-electron chi connectivity index (χ0n) is 17.3. The van der Waals surface area contributed by atoms with Gasteiger partial charge in [0, 0.05) is 26.1 Å². The lowest BCUT2D eigenvalue weighted by Crippen LogP contribution is -2.45. The third kappa shape index (κ3) is 5.62. The quantitative estimate of drug-likeness (QED) is 0.801. The number of amides is 2. The van der Waals surface area contributed by atoms with E-state index in [1.54, 1.807) is 16.9 Å². The number of ether oxygens (including phenoxy) is 2. The first-order chi connectivity index (χ1) is 12.6. The Labute approximate surface area is 162 Å². The van der Waals surface area contributed by atoms with E-state index in [-0.39, 0.29) is 24.0 Å². The highest BCUT2D eigenvalue weighted by molar-refractivity contribution is 5.79. The number of likely N-dealkylation sites (tertiary alicyclic amines) is 1. The second-order valence-electron chi connectivity index (χ2n) is 8.14. The lowest BCUT2D eigenvalue weighted by atomic mass is 9.94. The second kappa shape index (κ2) is 8.63. The number of benzene rings is 1. The van der Waals surface area contributed by atoms with Crippen LogP contribution >= 0.6 is 0 Å². The van der Waals surface area contributed by atoms with Crippen molar-refractivity contribution in [2.24, 2.45) is 5.92 Å². The molecule has 2 rings (SSSR count). The number of piperidine rings is 1. The number of carbonyl (C=O) groups excluding carboxylic acids is 2. The maximum Gasteiger partial charge on any atom is 0.410 e. The van der Waals surface area contributed by atoms with Crippen LogP contribution < -0.4 is 4.74 Å². The minimum atomic E-state index is -0.502. The van der Waals surface area contributed by atoms with Gasteiger partial charge in [0.05, 0.1) is 13.2 Å². The zero-order valence-corrected chi connectivity index (χ0v) is 17.3. The van der Waals surface area contributed by atoms with Crippen LogP contribution in [0, 0.1) is 5.92 Å². The van der Waals surface area contributed by atoms with Crippen LogP contribution in [-0.4, -0.2) is 54.6 Å². The van der Waals surface area contributed by atoms with Crippen LogP contribution in [0.2, 0.25) is 0 Å². The summed E-state index contributed by atoms with van der Waals surface area (Å²) in [5.74, 6) is 0.867. The first-order valence-corrected chi connectivity index (χ1v) is 9.51. The van der Waals surface area contributed by atoms with Crippen LogP contribution in [0.25, 0.3) is 0 Å². The van der Waals surface area contributed by atoms with Gasteiger partial charge in [-0.25, -0.2) is 4.79 Å². The van der Waals surface area contributed by atoms with Crippen molar-refractivity contribution < 1.29 is 19.1 Å². The molecule has 1 fully saturated rings. The van der Waals surface area contributed by atoms with Crippen molar-refractivity contribution >= 4 is 12.0 Å². The number of methoxy groups -OCH3 is 1. The third-order valence-corrected chi connectivity index (χ3v) is 5.02. The molecule has 1 saturated heterocycles. The van der Waals surface area contributed by atoms with Crippen LogP contribution in [-0.2, 0) is 9.53 Å². The van der Waals surface area contributed by atoms with Gasteiger partial charge in [-0.1, -0.05) is 12.1 Å². The summed E-state index contributed by atoms with van der Waals surface area (Å²) < 4.78 is 10.6. The third-order valence-electron chi connectivity index (χ3n) is 5.02. The van der Waals surface area contributed by atoms with E-state index in [1.807, 2.05) is 59.0 Å². The molecule has 1 aromatic rings. The molecule has 0 aromatic heterocycles. The summed E-state index contributed by atoms with van der Waals surface area (Å²) in [6, 6.07) is 7.76. The molecule has 0 radical (unpaired) electrons. The fourth-order valence-electron chi connectivity index (χ4n) is 3.22. The van der Waals surface area contributed by atoms with E-state index < -0.39 is 5.60 Å². The molecule has 0 spiro atoms. The van der Waals surface area contributed by atoms with Crippen LogP contribution in [0.4, 0.5) is 4.79 Å². The molecule has 27 heavy (non-hydrogen) atoms. The van der Waals surface area contributed by atoms with Gasteiger partial charge in [0.15, 0.2) is 0 Å². The van der Waals surface area contributed by atoms with Gasteiger partial charge < -0.3 is 19.3 Å². The van der Waals surface area contributed by atoms with Gasteiger partial charge in [-0.2, -0.15) is 0 Å². The van der Waals surface area contributed by atoms with Crippen molar-refractivity contribution in [2.75, 3.05) is 27.2 Å². The summed E-state index contributed by atoms with van der Waals surface area (Å²) in [4.78, 5) is 28.6. The fraction of sp³-hybridized carbons (Fsp3) is 0.619. The lowest BCUT2D eigenvalue weighted by molar-refractivity contribution is -0.137. The first kappa shape index (κ1) is 21.1. The molecule has 1 aromatic carbocycles. The van der Waals surface area contributed by atoms with Crippen molar-refractivity contribution in [3.63, 3.8) is 0 Å². The predicted molar refractivity (Wildman–Crippen MR) is 105 cm³/mol. The van der Waals surface area contributed by atoms with Crippen LogP contribution in [0.1, 0.15) is 52.1 Å². The number of rotatable bonds is 4. The molecule has 6 heteroatoms. The van der Waals surface area contributed by atoms with E-state index in [1.165, 1.54) is 0 Å². The Hall–Kier alpha value is -2.24. The molecule has 1 aliphatic rings. The molecule has 0 bridgehead atoms. The van der Waals surface area contributed by atoms with Crippen molar-refractivity contribution in [1.29, 1.82) is 0 Å². The Bertz CT molecular complexity index is 643. The summed E-state index contributed by atoms with van der Waals surface area (Å²) in [5.41, 5.74) is 0.565. The molecular weight excluding hydrogens is 344 g/mol. The molecule has 1 heterocycles. The van der Waals surface area contributed by atoms with E-state index >= 15 is 0 Å². The van der Waals surface area contributed by atoms with E-state index in [0.717, 1.165) is 11.3 Å². The Kier molecular flexibility index (Phi) is 6.73. The largest absolute Gasteiger partial charge is 0.497 e. The smallest absolute Gasteiger partial charge is 0.410 e. The Morgan fingerprint density at radius 2 is 1.70 bits per heavy atom. The molecule has 1 atom stereocenters. The number of hydrogen-bond donors (Lipinski definition) is 0. The van der Waals surface area contributed by atoms with E-state index in [9.17, 15) is 9.59 Å². The summed E-state index contributed by atoms with van der Waals surface area (Å²) in [6.45, 7) is 8.70. The van der Waals surface area contributed by atoms with Crippen molar-refractivity contribution in [3.8, 4) is 5.75 Å². The number of nitrogens with zero attached hydrogens (tertiary/aromatic N) is 2. The molecule has 6 nitrogen and oxygen atoms in total. The van der Waals surface area contributed by atoms with Crippen molar-refractivity contribution in [3.05, 3.63) is 29.8 Å². The number of hydrogen-bond acceptors (Lipinski definition) is 4. The van der Waals surface area contributed by atoms with Crippen molar-refractivity contribution in [2.45, 2.75) is 52.2 Å². The highest BCUT2D eigenvalue weighted by Crippen LogP contribution is 2.26. The van der Waals surface area contributed by atoms with Gasteiger partial charge in [0.1, 0.15) is 11.4 Å². The topological polar surface area (TPSA) is 59.1 Å². The van der Waals surface area contributed by atoms with E-state index in [4.69, 9.17) is 9.47 Å². The highest BCUT2D eigenvalue weighted by atomic mass is 16.6. The molecule has 0 N–H and O–H groups in total. The monoisotopic (exact) mass is 376 g/mol. The fourth-order valence-corrected chi connectivity index (χ4v) is 3.22. The first-order valence-electron chi connectivity index (χ1n) is 9.51. The normalized spacial score (nSPS) is 16.6. The van der Waals surface area contributed by atoms with Gasteiger partial charge in [-0.3, -0.25) is 4.79 Å². The minimum absolute atomic E-state index is 0.0210. The molecular formula is C21H32N2O4. The van der Waals surface area contributed by atoms with Gasteiger partial charge in [0.25, 0.3) is 0 Å². The average molecular weight is 376 g/mol. The van der Waals surface area contributed by atoms with Crippen LogP contribution in [0.15, 0.2) is 24.3 Å². The molecule has 2 amide bonds. The SMILES string of the molecule is COc1ccc(C(C)N(C)C(=O)C2CCN(C(=O)OC(C)(C)C)CC2)cc1. The summed E-state index contributed by atoms with van der Waals surface area (Å²) in [6.07, 6.45) is 1.03. The summed E-state index contributed by atoms with van der Waals surface area (Å²) in [5, 5.41) is 0. The van der Waals surface area contributed by atoms with Crippen molar-refractivity contribution in [1.82, 2.24) is 9.80 Å². The minimum Gasteiger partial charge on any atom is -0.497 e. The Balaban J connectivity index is 1.91. The maximum absolute atomic E-state index is 12.9. The van der Waals surface area contributed by atoms with Crippen LogP contribution in [0.3, 0.4) is 0 Å². The predicted octanol–water partition coefficient (Wildman–Crippen LogP) is 3.86. The highest BCUT2D eigenvalue weighted by Gasteiger charge is 2.32. The van der Waals surface area contributed by atoms with Gasteiger partial charge in [-0.05, 0) is 58.2 Å². The number of carbonyl (C=O) groups is 2. The van der Waals surface area contributed by atoms with E-state index in [0.29, 0.717) is 25.9 Å². The van der Waals surface area contributed by atoms with Crippen LogP contribution in [0.5, 0.6) is 5.75 Å². The molecule has 1 aliphatic heterocycles. The van der Waals surface area contributed by atoms with Gasteiger partial charge in [0.2, 0.25) is 5.91 Å². The maximum atomic E-state index is 12.9. The zero-order chi connectivity index (χ0) is 20.2. The summed E-state index contributed by atoms with van der Waals surface area (Å²) in [7, 11) is 3.48. The van der Waals surface area contributed by atoms with Gasteiger partial charge in [-0.15, -0.1) is 0 Å². The second-order valence-corrected chi connectivity index (χ2v) is 8.14. The van der Waals surface area contributed by atoms with E-state index in [2.05, 4.69) is 0 Å². The average Bonchev–Trinajstić information content (AvgIpc) is 2.65. The summed E-state index contributed by atoms with van der Waals surface area (Å²) >= 11 is 0.